The average Bonchev–Trinajstić information content (AvgIpc) is 2.46. The monoisotopic (exact) mass is 302 g/mol. The molecule has 2 N–H and O–H groups in total. The van der Waals surface area contributed by atoms with Gasteiger partial charge in [-0.25, -0.2) is 4.39 Å². The summed E-state index contributed by atoms with van der Waals surface area (Å²) in [5.41, 5.74) is 7.58. The van der Waals surface area contributed by atoms with Crippen LogP contribution in [0.1, 0.15) is 11.1 Å². The normalized spacial score (nSPS) is 10.2. The van der Waals surface area contributed by atoms with Crippen molar-refractivity contribution in [1.82, 2.24) is 0 Å². The maximum Gasteiger partial charge on any atom is 0.231 e. The van der Waals surface area contributed by atoms with Crippen LogP contribution in [0.15, 0.2) is 48.5 Å². The largest absolute Gasteiger partial charge is 0.389 e. The molecule has 2 aromatic rings. The van der Waals surface area contributed by atoms with Gasteiger partial charge in [-0.2, -0.15) is 0 Å². The van der Waals surface area contributed by atoms with Crippen LogP contribution < -0.4 is 10.6 Å². The van der Waals surface area contributed by atoms with Crippen LogP contribution in [0.4, 0.5) is 10.1 Å². The lowest BCUT2D eigenvalue weighted by atomic mass is 10.1. The number of nitrogens with zero attached hydrogens (tertiary/aromatic N) is 1. The van der Waals surface area contributed by atoms with Crippen LogP contribution in [0.25, 0.3) is 0 Å². The molecule has 0 atom stereocenters. The Morgan fingerprint density at radius 2 is 1.95 bits per heavy atom. The number of likely N-dealkylation sites (N-methyl/N-ethyl adjacent to an activating group) is 1. The van der Waals surface area contributed by atoms with E-state index >= 15 is 0 Å². The minimum absolute atomic E-state index is 0.111. The molecule has 0 bridgehead atoms. The molecular formula is C16H15FN2OS. The molecule has 0 saturated carbocycles. The van der Waals surface area contributed by atoms with E-state index in [9.17, 15) is 9.18 Å². The zero-order valence-electron chi connectivity index (χ0n) is 11.5. The Balaban J connectivity index is 2.22. The van der Waals surface area contributed by atoms with Gasteiger partial charge >= 0.3 is 0 Å². The molecule has 0 saturated heterocycles. The van der Waals surface area contributed by atoms with E-state index in [-0.39, 0.29) is 23.1 Å². The number of hydrogen-bond acceptors (Lipinski definition) is 2. The maximum absolute atomic E-state index is 13.2. The molecule has 108 valence electrons. The number of nitrogens with two attached hydrogens (primary N) is 1. The van der Waals surface area contributed by atoms with Crippen LogP contribution in [0.3, 0.4) is 0 Å². The minimum Gasteiger partial charge on any atom is -0.389 e. The Kier molecular flexibility index (Phi) is 4.65. The van der Waals surface area contributed by atoms with Crippen molar-refractivity contribution >= 4 is 28.8 Å². The van der Waals surface area contributed by atoms with Crippen molar-refractivity contribution in [1.29, 1.82) is 0 Å². The number of halogens is 1. The van der Waals surface area contributed by atoms with E-state index in [1.54, 1.807) is 31.3 Å². The van der Waals surface area contributed by atoms with E-state index in [1.807, 2.05) is 12.1 Å². The number of thiocarbonyl (C=S) groups is 1. The SMILES string of the molecule is CN(C(=O)Cc1cccc(F)c1)c1ccccc1C(N)=S. The van der Waals surface area contributed by atoms with Crippen molar-refractivity contribution in [3.63, 3.8) is 0 Å². The fraction of sp³-hybridized carbons (Fsp3) is 0.125. The zero-order valence-corrected chi connectivity index (χ0v) is 12.4. The molecule has 0 unspecified atom stereocenters. The quantitative estimate of drug-likeness (QED) is 0.883. The van der Waals surface area contributed by atoms with Crippen LogP contribution in [0.2, 0.25) is 0 Å². The van der Waals surface area contributed by atoms with Gasteiger partial charge in [0.2, 0.25) is 5.91 Å². The van der Waals surface area contributed by atoms with E-state index in [2.05, 4.69) is 0 Å². The van der Waals surface area contributed by atoms with E-state index in [4.69, 9.17) is 18.0 Å². The molecule has 0 spiro atoms. The van der Waals surface area contributed by atoms with Crippen LogP contribution in [0.5, 0.6) is 0 Å². The fourth-order valence-electron chi connectivity index (χ4n) is 2.05. The number of rotatable bonds is 4. The molecule has 0 heterocycles. The van der Waals surface area contributed by atoms with Gasteiger partial charge in [-0.3, -0.25) is 4.79 Å². The van der Waals surface area contributed by atoms with Gasteiger partial charge < -0.3 is 10.6 Å². The number of amides is 1. The smallest absolute Gasteiger partial charge is 0.231 e. The summed E-state index contributed by atoms with van der Waals surface area (Å²) in [4.78, 5) is 14.0. The second-order valence-electron chi connectivity index (χ2n) is 4.64. The van der Waals surface area contributed by atoms with Crippen LogP contribution >= 0.6 is 12.2 Å². The number of benzene rings is 2. The van der Waals surface area contributed by atoms with Gasteiger partial charge in [0.25, 0.3) is 0 Å². The zero-order chi connectivity index (χ0) is 15.4. The van der Waals surface area contributed by atoms with Crippen molar-refractivity contribution in [3.8, 4) is 0 Å². The highest BCUT2D eigenvalue weighted by Crippen LogP contribution is 2.20. The summed E-state index contributed by atoms with van der Waals surface area (Å²) < 4.78 is 13.2. The Hall–Kier alpha value is -2.27. The Bertz CT molecular complexity index is 687. The lowest BCUT2D eigenvalue weighted by Gasteiger charge is -2.20. The summed E-state index contributed by atoms with van der Waals surface area (Å²) in [5.74, 6) is -0.518. The molecule has 2 rings (SSSR count). The first-order valence-corrected chi connectivity index (χ1v) is 6.79. The molecule has 3 nitrogen and oxygen atoms in total. The molecule has 0 radical (unpaired) electrons. The first-order valence-electron chi connectivity index (χ1n) is 6.39. The molecule has 2 aromatic carbocycles. The van der Waals surface area contributed by atoms with Crippen molar-refractivity contribution < 1.29 is 9.18 Å². The predicted molar refractivity (Wildman–Crippen MR) is 85.8 cm³/mol. The third-order valence-corrected chi connectivity index (χ3v) is 3.37. The Labute approximate surface area is 128 Å². The molecule has 5 heteroatoms. The van der Waals surface area contributed by atoms with Crippen molar-refractivity contribution in [2.45, 2.75) is 6.42 Å². The Morgan fingerprint density at radius 3 is 2.62 bits per heavy atom. The van der Waals surface area contributed by atoms with Crippen molar-refractivity contribution in [3.05, 3.63) is 65.5 Å². The van der Waals surface area contributed by atoms with E-state index in [0.29, 0.717) is 16.8 Å². The standard InChI is InChI=1S/C16H15FN2OS/c1-19(14-8-3-2-7-13(14)16(18)21)15(20)10-11-5-4-6-12(17)9-11/h2-9H,10H2,1H3,(H2,18,21). The summed E-state index contributed by atoms with van der Waals surface area (Å²) in [6, 6.07) is 13.2. The molecular weight excluding hydrogens is 287 g/mol. The molecule has 0 fully saturated rings. The summed E-state index contributed by atoms with van der Waals surface area (Å²) in [6.45, 7) is 0. The molecule has 1 amide bonds. The number of para-hydroxylation sites is 1. The summed E-state index contributed by atoms with van der Waals surface area (Å²) in [7, 11) is 1.65. The lowest BCUT2D eigenvalue weighted by Crippen LogP contribution is -2.30. The fourth-order valence-corrected chi connectivity index (χ4v) is 2.22. The van der Waals surface area contributed by atoms with Gasteiger partial charge in [0, 0.05) is 12.6 Å². The van der Waals surface area contributed by atoms with Crippen LogP contribution in [-0.4, -0.2) is 17.9 Å². The summed E-state index contributed by atoms with van der Waals surface area (Å²) >= 11 is 4.99. The van der Waals surface area contributed by atoms with Gasteiger partial charge in [-0.15, -0.1) is 0 Å². The third-order valence-electron chi connectivity index (χ3n) is 3.15. The van der Waals surface area contributed by atoms with Gasteiger partial charge in [0.1, 0.15) is 10.8 Å². The first kappa shape index (κ1) is 15.1. The van der Waals surface area contributed by atoms with E-state index < -0.39 is 0 Å². The number of anilines is 1. The second-order valence-corrected chi connectivity index (χ2v) is 5.08. The van der Waals surface area contributed by atoms with Gasteiger partial charge in [-0.05, 0) is 29.8 Å². The summed E-state index contributed by atoms with van der Waals surface area (Å²) in [6.07, 6.45) is 0.111. The first-order chi connectivity index (χ1) is 9.99. The van der Waals surface area contributed by atoms with Crippen LogP contribution in [-0.2, 0) is 11.2 Å². The third kappa shape index (κ3) is 3.64. The number of hydrogen-bond donors (Lipinski definition) is 1. The molecule has 0 aliphatic heterocycles. The van der Waals surface area contributed by atoms with Gasteiger partial charge in [-0.1, -0.05) is 36.5 Å². The van der Waals surface area contributed by atoms with Gasteiger partial charge in [0.15, 0.2) is 0 Å². The van der Waals surface area contributed by atoms with Crippen molar-refractivity contribution in [2.24, 2.45) is 5.73 Å². The highest BCUT2D eigenvalue weighted by Gasteiger charge is 2.16. The highest BCUT2D eigenvalue weighted by atomic mass is 32.1. The van der Waals surface area contributed by atoms with Crippen LogP contribution in [0, 0.1) is 5.82 Å². The number of carbonyl (C=O) groups excluding carboxylic acids is 1. The predicted octanol–water partition coefficient (Wildman–Crippen LogP) is 2.67. The maximum atomic E-state index is 13.2. The average molecular weight is 302 g/mol. The topological polar surface area (TPSA) is 46.3 Å². The van der Waals surface area contributed by atoms with Gasteiger partial charge in [0.05, 0.1) is 12.1 Å². The number of carbonyl (C=O) groups is 1. The molecule has 0 aromatic heterocycles. The van der Waals surface area contributed by atoms with E-state index in [0.717, 1.165) is 0 Å². The minimum atomic E-state index is -0.355. The molecule has 21 heavy (non-hydrogen) atoms. The molecule has 0 aliphatic carbocycles. The summed E-state index contributed by atoms with van der Waals surface area (Å²) in [5, 5.41) is 0. The Morgan fingerprint density at radius 1 is 1.24 bits per heavy atom. The molecule has 0 aliphatic rings. The second kappa shape index (κ2) is 6.45. The van der Waals surface area contributed by atoms with E-state index in [1.165, 1.54) is 17.0 Å². The lowest BCUT2D eigenvalue weighted by molar-refractivity contribution is -0.117. The highest BCUT2D eigenvalue weighted by molar-refractivity contribution is 7.80. The van der Waals surface area contributed by atoms with Crippen molar-refractivity contribution in [2.75, 3.05) is 11.9 Å².